The van der Waals surface area contributed by atoms with Crippen molar-refractivity contribution in [1.29, 1.82) is 0 Å². The van der Waals surface area contributed by atoms with Gasteiger partial charge in [0, 0.05) is 12.1 Å². The summed E-state index contributed by atoms with van der Waals surface area (Å²) in [4.78, 5) is 25.8. The highest BCUT2D eigenvalue weighted by Crippen LogP contribution is 2.38. The first-order valence-electron chi connectivity index (χ1n) is 8.50. The van der Waals surface area contributed by atoms with Crippen molar-refractivity contribution >= 4 is 11.8 Å². The minimum absolute atomic E-state index is 0.0128. The summed E-state index contributed by atoms with van der Waals surface area (Å²) >= 11 is 0. The number of carbonyl (C=O) groups is 2. The van der Waals surface area contributed by atoms with E-state index in [2.05, 4.69) is 5.32 Å². The molecule has 0 spiro atoms. The molecule has 0 aromatic heterocycles. The summed E-state index contributed by atoms with van der Waals surface area (Å²) in [5.74, 6) is -0.825. The van der Waals surface area contributed by atoms with E-state index in [1.165, 1.54) is 17.0 Å². The summed E-state index contributed by atoms with van der Waals surface area (Å²) in [5, 5.41) is 12.8. The number of aliphatic hydroxyl groups excluding tert-OH is 1. The molecule has 1 aliphatic heterocycles. The van der Waals surface area contributed by atoms with E-state index in [4.69, 9.17) is 0 Å². The minimum atomic E-state index is -0.991. The van der Waals surface area contributed by atoms with Crippen molar-refractivity contribution in [3.05, 3.63) is 35.6 Å². The number of nitrogens with zero attached hydrogens (tertiary/aromatic N) is 1. The van der Waals surface area contributed by atoms with Crippen LogP contribution in [-0.2, 0) is 16.0 Å². The molecule has 3 rings (SSSR count). The number of likely N-dealkylation sites (tertiary alicyclic amines) is 1. The van der Waals surface area contributed by atoms with E-state index in [1.807, 2.05) is 0 Å². The van der Waals surface area contributed by atoms with Gasteiger partial charge in [0.05, 0.1) is 6.54 Å². The van der Waals surface area contributed by atoms with Gasteiger partial charge in [0.2, 0.25) is 5.91 Å². The van der Waals surface area contributed by atoms with Crippen molar-refractivity contribution in [3.8, 4) is 0 Å². The number of aliphatic hydroxyl groups is 1. The van der Waals surface area contributed by atoms with Crippen LogP contribution in [0.4, 0.5) is 4.39 Å². The first kappa shape index (κ1) is 16.9. The van der Waals surface area contributed by atoms with Crippen LogP contribution in [0.25, 0.3) is 0 Å². The molecule has 2 amide bonds. The topological polar surface area (TPSA) is 69.6 Å². The molecule has 2 aliphatic rings. The zero-order valence-corrected chi connectivity index (χ0v) is 13.6. The van der Waals surface area contributed by atoms with Gasteiger partial charge in [-0.1, -0.05) is 12.1 Å². The van der Waals surface area contributed by atoms with Crippen LogP contribution < -0.4 is 5.32 Å². The largest absolute Gasteiger partial charge is 0.383 e. The fourth-order valence-corrected chi connectivity index (χ4v) is 3.24. The number of nitrogens with one attached hydrogen (secondary N) is 1. The molecular weight excluding hydrogens is 311 g/mol. The van der Waals surface area contributed by atoms with Crippen molar-refractivity contribution in [2.24, 2.45) is 0 Å². The smallest absolute Gasteiger partial charge is 0.251 e. The van der Waals surface area contributed by atoms with Crippen LogP contribution in [0, 0.1) is 5.82 Å². The number of amides is 2. The zero-order valence-electron chi connectivity index (χ0n) is 13.6. The van der Waals surface area contributed by atoms with Gasteiger partial charge in [-0.3, -0.25) is 9.59 Å². The first-order chi connectivity index (χ1) is 11.5. The van der Waals surface area contributed by atoms with E-state index >= 15 is 0 Å². The predicted molar refractivity (Wildman–Crippen MR) is 86.6 cm³/mol. The van der Waals surface area contributed by atoms with Crippen molar-refractivity contribution in [2.45, 2.75) is 50.2 Å². The monoisotopic (exact) mass is 334 g/mol. The average molecular weight is 334 g/mol. The lowest BCUT2D eigenvalue weighted by atomic mass is 10.0. The molecular formula is C18H23FN2O3. The number of benzene rings is 1. The van der Waals surface area contributed by atoms with E-state index in [9.17, 15) is 19.1 Å². The summed E-state index contributed by atoms with van der Waals surface area (Å²) < 4.78 is 13.0. The standard InChI is InChI=1S/C18H23FN2O3/c19-14-6-4-13(5-7-14)11-18(8-9-18)20-16(23)12-21-10-2-1-3-15(22)17(21)24/h4-7,15,22H,1-3,8-12H2,(H,20,23). The zero-order chi connectivity index (χ0) is 17.2. The Balaban J connectivity index is 1.56. The summed E-state index contributed by atoms with van der Waals surface area (Å²) in [6.07, 6.45) is 3.49. The van der Waals surface area contributed by atoms with Crippen molar-refractivity contribution in [2.75, 3.05) is 13.1 Å². The Morgan fingerprint density at radius 3 is 2.67 bits per heavy atom. The Morgan fingerprint density at radius 2 is 2.00 bits per heavy atom. The molecule has 130 valence electrons. The van der Waals surface area contributed by atoms with Crippen LogP contribution in [0.1, 0.15) is 37.7 Å². The second-order valence-corrected chi connectivity index (χ2v) is 6.90. The Kier molecular flexibility index (Phi) is 4.85. The first-order valence-corrected chi connectivity index (χ1v) is 8.50. The summed E-state index contributed by atoms with van der Waals surface area (Å²) in [5.41, 5.74) is 0.707. The molecule has 2 N–H and O–H groups in total. The highest BCUT2D eigenvalue weighted by molar-refractivity contribution is 5.87. The van der Waals surface area contributed by atoms with Gasteiger partial charge in [-0.15, -0.1) is 0 Å². The van der Waals surface area contributed by atoms with Gasteiger partial charge in [0.1, 0.15) is 11.9 Å². The lowest BCUT2D eigenvalue weighted by molar-refractivity contribution is -0.142. The van der Waals surface area contributed by atoms with Gasteiger partial charge in [-0.25, -0.2) is 4.39 Å². The minimum Gasteiger partial charge on any atom is -0.383 e. The molecule has 1 saturated heterocycles. The Hall–Kier alpha value is -1.95. The molecule has 0 bridgehead atoms. The van der Waals surface area contributed by atoms with E-state index in [-0.39, 0.29) is 29.7 Å². The highest BCUT2D eigenvalue weighted by Gasteiger charge is 2.44. The Labute approximate surface area is 140 Å². The summed E-state index contributed by atoms with van der Waals surface area (Å²) in [6.45, 7) is 0.495. The van der Waals surface area contributed by atoms with E-state index in [1.54, 1.807) is 12.1 Å². The van der Waals surface area contributed by atoms with Crippen LogP contribution in [0.3, 0.4) is 0 Å². The average Bonchev–Trinajstić information content (AvgIpc) is 3.31. The number of rotatable bonds is 5. The normalized spacial score (nSPS) is 22.8. The third-order valence-electron chi connectivity index (χ3n) is 4.80. The second kappa shape index (κ2) is 6.89. The van der Waals surface area contributed by atoms with Crippen LogP contribution in [0.15, 0.2) is 24.3 Å². The molecule has 1 aromatic carbocycles. The lowest BCUT2D eigenvalue weighted by Crippen LogP contribution is -2.47. The molecule has 1 aliphatic carbocycles. The fourth-order valence-electron chi connectivity index (χ4n) is 3.24. The van der Waals surface area contributed by atoms with Crippen molar-refractivity contribution < 1.29 is 19.1 Å². The number of hydrogen-bond acceptors (Lipinski definition) is 3. The molecule has 1 saturated carbocycles. The second-order valence-electron chi connectivity index (χ2n) is 6.90. The highest BCUT2D eigenvalue weighted by atomic mass is 19.1. The molecule has 0 radical (unpaired) electrons. The van der Waals surface area contributed by atoms with Gasteiger partial charge in [0.15, 0.2) is 0 Å². The fraction of sp³-hybridized carbons (Fsp3) is 0.556. The Bertz CT molecular complexity index is 613. The molecule has 2 fully saturated rings. The van der Waals surface area contributed by atoms with E-state index in [0.717, 1.165) is 31.2 Å². The van der Waals surface area contributed by atoms with Gasteiger partial charge in [0.25, 0.3) is 5.91 Å². The maximum Gasteiger partial charge on any atom is 0.251 e. The van der Waals surface area contributed by atoms with E-state index < -0.39 is 6.10 Å². The predicted octanol–water partition coefficient (Wildman–Crippen LogP) is 1.39. The van der Waals surface area contributed by atoms with Crippen LogP contribution >= 0.6 is 0 Å². The summed E-state index contributed by atoms with van der Waals surface area (Å²) in [6, 6.07) is 6.31. The number of hydrogen-bond donors (Lipinski definition) is 2. The summed E-state index contributed by atoms with van der Waals surface area (Å²) in [7, 11) is 0. The quantitative estimate of drug-likeness (QED) is 0.855. The van der Waals surface area contributed by atoms with Crippen molar-refractivity contribution in [1.82, 2.24) is 10.2 Å². The Morgan fingerprint density at radius 1 is 1.29 bits per heavy atom. The molecule has 24 heavy (non-hydrogen) atoms. The number of carbonyl (C=O) groups excluding carboxylic acids is 2. The van der Waals surface area contributed by atoms with Crippen LogP contribution in [0.2, 0.25) is 0 Å². The molecule has 6 heteroatoms. The third kappa shape index (κ3) is 4.12. The third-order valence-corrected chi connectivity index (χ3v) is 4.80. The molecule has 1 heterocycles. The van der Waals surface area contributed by atoms with Crippen molar-refractivity contribution in [3.63, 3.8) is 0 Å². The van der Waals surface area contributed by atoms with Crippen LogP contribution in [0.5, 0.6) is 0 Å². The maximum atomic E-state index is 13.0. The van der Waals surface area contributed by atoms with Gasteiger partial charge in [-0.2, -0.15) is 0 Å². The molecule has 1 atom stereocenters. The van der Waals surface area contributed by atoms with Gasteiger partial charge in [-0.05, 0) is 56.2 Å². The molecule has 1 aromatic rings. The SMILES string of the molecule is O=C(CN1CCCCC(O)C1=O)NC1(Cc2ccc(F)cc2)CC1. The maximum absolute atomic E-state index is 13.0. The van der Waals surface area contributed by atoms with Gasteiger partial charge < -0.3 is 15.3 Å². The molecule has 5 nitrogen and oxygen atoms in total. The van der Waals surface area contributed by atoms with Gasteiger partial charge >= 0.3 is 0 Å². The number of halogens is 1. The molecule has 1 unspecified atom stereocenters. The lowest BCUT2D eigenvalue weighted by Gasteiger charge is -2.24. The van der Waals surface area contributed by atoms with Crippen LogP contribution in [-0.4, -0.2) is 46.6 Å². The van der Waals surface area contributed by atoms with E-state index in [0.29, 0.717) is 19.4 Å².